The summed E-state index contributed by atoms with van der Waals surface area (Å²) in [5, 5.41) is 0. The SMILES string of the molecule is [Co].[Ni].[Re].[Ru]. The van der Waals surface area contributed by atoms with E-state index in [1.165, 1.54) is 0 Å². The van der Waals surface area contributed by atoms with Crippen LogP contribution in [0, 0.1) is 0 Å². The van der Waals surface area contributed by atoms with Crippen molar-refractivity contribution < 1.29 is 73.2 Å². The molecule has 0 bridgehead atoms. The van der Waals surface area contributed by atoms with Crippen LogP contribution in [0.1, 0.15) is 0 Å². The summed E-state index contributed by atoms with van der Waals surface area (Å²) >= 11 is 0. The van der Waals surface area contributed by atoms with E-state index >= 15 is 0 Å². The van der Waals surface area contributed by atoms with Gasteiger partial charge in [-0.25, -0.2) is 0 Å². The maximum Gasteiger partial charge on any atom is 0 e. The Balaban J connectivity index is 0. The third-order valence-electron chi connectivity index (χ3n) is 0. The fourth-order valence-corrected chi connectivity index (χ4v) is 0. The molecule has 0 amide bonds. The van der Waals surface area contributed by atoms with Crippen LogP contribution in [0.15, 0.2) is 0 Å². The fraction of sp³-hybridized carbons (Fsp3) is 0. The molecule has 0 aromatic carbocycles. The molecule has 2 radical (unpaired) electrons. The molecule has 0 rings (SSSR count). The number of hydrogen-bond acceptors (Lipinski definition) is 0. The molecule has 0 saturated carbocycles. The molecule has 0 aliphatic heterocycles. The molecule has 0 aliphatic carbocycles. The molecule has 0 saturated heterocycles. The molecule has 4 heavy (non-hydrogen) atoms. The Hall–Kier alpha value is 2.29. The Morgan fingerprint density at radius 2 is 1.00 bits per heavy atom. The molecule has 0 aliphatic rings. The second-order valence-electron chi connectivity index (χ2n) is 0. The van der Waals surface area contributed by atoms with E-state index in [4.69, 9.17) is 0 Å². The van der Waals surface area contributed by atoms with Crippen LogP contribution >= 0.6 is 0 Å². The third kappa shape index (κ3) is 8.86. The van der Waals surface area contributed by atoms with E-state index < -0.39 is 0 Å². The summed E-state index contributed by atoms with van der Waals surface area (Å²) in [6, 6.07) is 0. The molecular formula is CoNiReRu. The Kier molecular flexibility index (Phi) is 156. The molecular weight excluding hydrogens is 405 g/mol. The molecule has 0 N–H and O–H groups in total. The van der Waals surface area contributed by atoms with Gasteiger partial charge < -0.3 is 0 Å². The van der Waals surface area contributed by atoms with Gasteiger partial charge in [0, 0.05) is 73.2 Å². The van der Waals surface area contributed by atoms with Gasteiger partial charge in [-0.1, -0.05) is 0 Å². The van der Waals surface area contributed by atoms with Crippen molar-refractivity contribution in [1.82, 2.24) is 0 Å². The zero-order chi connectivity index (χ0) is 0. The van der Waals surface area contributed by atoms with Crippen molar-refractivity contribution in [2.75, 3.05) is 0 Å². The average Bonchev–Trinajstić information content (AvgIpc) is 0. The Morgan fingerprint density at radius 3 is 1.00 bits per heavy atom. The Bertz CT molecular complexity index is 8.00. The second-order valence-corrected chi connectivity index (χ2v) is 0. The van der Waals surface area contributed by atoms with Crippen molar-refractivity contribution in [3.05, 3.63) is 0 Å². The van der Waals surface area contributed by atoms with Crippen LogP contribution in [0.5, 0.6) is 0 Å². The van der Waals surface area contributed by atoms with Crippen molar-refractivity contribution in [2.45, 2.75) is 0 Å². The quantitative estimate of drug-likeness (QED) is 0.498. The predicted octanol–water partition coefficient (Wildman–Crippen LogP) is -0.0100. The monoisotopic (exact) mass is 406 g/mol. The minimum Gasteiger partial charge on any atom is 0 e. The Labute approximate surface area is 72.4 Å². The van der Waals surface area contributed by atoms with E-state index in [2.05, 4.69) is 0 Å². The molecule has 0 nitrogen and oxygen atoms in total. The van der Waals surface area contributed by atoms with Crippen LogP contribution in [0.3, 0.4) is 0 Å². The summed E-state index contributed by atoms with van der Waals surface area (Å²) < 4.78 is 0. The topological polar surface area (TPSA) is 0 Å². The summed E-state index contributed by atoms with van der Waals surface area (Å²) in [5.74, 6) is 0. The largest absolute Gasteiger partial charge is 0 e. The van der Waals surface area contributed by atoms with E-state index in [9.17, 15) is 0 Å². The van der Waals surface area contributed by atoms with Crippen molar-refractivity contribution in [3.63, 3.8) is 0 Å². The van der Waals surface area contributed by atoms with Gasteiger partial charge in [-0.15, -0.1) is 0 Å². The van der Waals surface area contributed by atoms with Crippen molar-refractivity contribution >= 4 is 0 Å². The summed E-state index contributed by atoms with van der Waals surface area (Å²) in [6.45, 7) is 0. The standard InChI is InChI=1S/Co.Ni.Re.Ru. The van der Waals surface area contributed by atoms with Crippen LogP contribution in [0.25, 0.3) is 0 Å². The first-order valence-electron chi connectivity index (χ1n) is 0. The van der Waals surface area contributed by atoms with Crippen LogP contribution in [-0.2, 0) is 73.2 Å². The van der Waals surface area contributed by atoms with E-state index in [0.29, 0.717) is 0 Å². The van der Waals surface area contributed by atoms with Gasteiger partial charge >= 0.3 is 0 Å². The zero-order valence-corrected chi connectivity index (χ0v) is 7.86. The van der Waals surface area contributed by atoms with Gasteiger partial charge in [0.05, 0.1) is 0 Å². The summed E-state index contributed by atoms with van der Waals surface area (Å²) in [4.78, 5) is 0. The van der Waals surface area contributed by atoms with Crippen LogP contribution < -0.4 is 0 Å². The van der Waals surface area contributed by atoms with Crippen LogP contribution in [0.4, 0.5) is 0 Å². The van der Waals surface area contributed by atoms with Gasteiger partial charge in [0.15, 0.2) is 0 Å². The smallest absolute Gasteiger partial charge is 0 e. The molecule has 34 valence electrons. The van der Waals surface area contributed by atoms with Gasteiger partial charge in [0.2, 0.25) is 0 Å². The predicted molar refractivity (Wildman–Crippen MR) is 0 cm³/mol. The molecule has 0 aromatic rings. The first kappa shape index (κ1) is 33.6. The van der Waals surface area contributed by atoms with E-state index in [1.54, 1.807) is 0 Å². The third-order valence-corrected chi connectivity index (χ3v) is 0. The molecule has 0 aromatic heterocycles. The first-order valence-corrected chi connectivity index (χ1v) is 0. The van der Waals surface area contributed by atoms with Crippen LogP contribution in [0.2, 0.25) is 0 Å². The van der Waals surface area contributed by atoms with E-state index in [-0.39, 0.29) is 73.2 Å². The van der Waals surface area contributed by atoms with Crippen molar-refractivity contribution in [3.8, 4) is 0 Å². The minimum atomic E-state index is 0. The fourth-order valence-electron chi connectivity index (χ4n) is 0. The molecule has 0 unspecified atom stereocenters. The molecule has 0 spiro atoms. The first-order chi connectivity index (χ1) is 0. The van der Waals surface area contributed by atoms with Gasteiger partial charge in [-0.3, -0.25) is 0 Å². The molecule has 0 atom stereocenters. The van der Waals surface area contributed by atoms with Gasteiger partial charge in [-0.2, -0.15) is 0 Å². The minimum absolute atomic E-state index is 0. The van der Waals surface area contributed by atoms with Crippen LogP contribution in [-0.4, -0.2) is 0 Å². The molecule has 4 heteroatoms. The van der Waals surface area contributed by atoms with E-state index in [0.717, 1.165) is 0 Å². The summed E-state index contributed by atoms with van der Waals surface area (Å²) in [7, 11) is 0. The number of hydrogen-bond donors (Lipinski definition) is 0. The number of rotatable bonds is 0. The average molecular weight is 405 g/mol. The van der Waals surface area contributed by atoms with E-state index in [1.807, 2.05) is 0 Å². The van der Waals surface area contributed by atoms with Crippen molar-refractivity contribution in [2.24, 2.45) is 0 Å². The van der Waals surface area contributed by atoms with Gasteiger partial charge in [0.1, 0.15) is 0 Å². The molecule has 0 fully saturated rings. The Morgan fingerprint density at radius 1 is 1.00 bits per heavy atom. The normalized spacial score (nSPS) is 0. The van der Waals surface area contributed by atoms with Gasteiger partial charge in [0.25, 0.3) is 0 Å². The van der Waals surface area contributed by atoms with Gasteiger partial charge in [-0.05, 0) is 0 Å². The maximum absolute atomic E-state index is 0. The molecule has 0 heterocycles. The van der Waals surface area contributed by atoms with Crippen molar-refractivity contribution in [1.29, 1.82) is 0 Å². The second kappa shape index (κ2) is 18.6. The summed E-state index contributed by atoms with van der Waals surface area (Å²) in [5.41, 5.74) is 0. The summed E-state index contributed by atoms with van der Waals surface area (Å²) in [6.07, 6.45) is 0. The maximum atomic E-state index is 0. The zero-order valence-electron chi connectivity index (χ0n) is 1.38.